The largest absolute Gasteiger partial charge is 0.125 e. The zero-order valence-corrected chi connectivity index (χ0v) is 13.4. The van der Waals surface area contributed by atoms with Gasteiger partial charge in [0.1, 0.15) is 0 Å². The van der Waals surface area contributed by atoms with E-state index in [2.05, 4.69) is 79.7 Å². The molecule has 0 aliphatic heterocycles. The summed E-state index contributed by atoms with van der Waals surface area (Å²) < 4.78 is 0. The number of benzene rings is 3. The maximum Gasteiger partial charge on any atom is 0.0586 e. The van der Waals surface area contributed by atoms with Crippen molar-refractivity contribution >= 4 is 11.6 Å². The van der Waals surface area contributed by atoms with Gasteiger partial charge in [0.25, 0.3) is 0 Å². The minimum absolute atomic E-state index is 0.322. The Labute approximate surface area is 137 Å². The third kappa shape index (κ3) is 2.55. The number of hydrogen-bond acceptors (Lipinski definition) is 0. The lowest BCUT2D eigenvalue weighted by Crippen LogP contribution is -2.31. The fraction of sp³-hybridized carbons (Fsp3) is 0.143. The summed E-state index contributed by atoms with van der Waals surface area (Å²) in [4.78, 5) is 0. The lowest BCUT2D eigenvalue weighted by atomic mass is 9.71. The first-order valence-electron chi connectivity index (χ1n) is 7.51. The van der Waals surface area contributed by atoms with Crippen molar-refractivity contribution in [3.63, 3.8) is 0 Å². The highest BCUT2D eigenvalue weighted by Crippen LogP contribution is 2.40. The maximum absolute atomic E-state index is 6.57. The molecular weight excluding hydrogens is 288 g/mol. The van der Waals surface area contributed by atoms with Crippen molar-refractivity contribution in [3.05, 3.63) is 107 Å². The minimum Gasteiger partial charge on any atom is -0.125 e. The Morgan fingerprint density at radius 3 is 1.45 bits per heavy atom. The zero-order valence-electron chi connectivity index (χ0n) is 12.7. The van der Waals surface area contributed by atoms with Gasteiger partial charge in [0, 0.05) is 5.88 Å². The van der Waals surface area contributed by atoms with Gasteiger partial charge in [-0.05, 0) is 23.6 Å². The quantitative estimate of drug-likeness (QED) is 0.437. The first-order valence-corrected chi connectivity index (χ1v) is 8.05. The van der Waals surface area contributed by atoms with E-state index in [1.807, 2.05) is 12.1 Å². The highest BCUT2D eigenvalue weighted by molar-refractivity contribution is 6.19. The van der Waals surface area contributed by atoms with E-state index in [1.54, 1.807) is 0 Å². The molecule has 0 spiro atoms. The lowest BCUT2D eigenvalue weighted by Gasteiger charge is -2.34. The molecule has 22 heavy (non-hydrogen) atoms. The molecule has 0 aliphatic rings. The molecule has 3 rings (SSSR count). The van der Waals surface area contributed by atoms with Crippen molar-refractivity contribution in [1.29, 1.82) is 0 Å². The van der Waals surface area contributed by atoms with Crippen LogP contribution in [0.25, 0.3) is 0 Å². The third-order valence-corrected chi connectivity index (χ3v) is 4.68. The first-order chi connectivity index (χ1) is 10.8. The van der Waals surface area contributed by atoms with Gasteiger partial charge in [-0.15, -0.1) is 11.6 Å². The molecule has 0 nitrogen and oxygen atoms in total. The molecule has 0 aromatic heterocycles. The molecule has 3 aromatic rings. The molecule has 0 saturated carbocycles. The Morgan fingerprint density at radius 1 is 0.636 bits per heavy atom. The van der Waals surface area contributed by atoms with E-state index in [1.165, 1.54) is 22.3 Å². The van der Waals surface area contributed by atoms with Gasteiger partial charge in [-0.3, -0.25) is 0 Å². The van der Waals surface area contributed by atoms with Crippen molar-refractivity contribution in [3.8, 4) is 0 Å². The fourth-order valence-electron chi connectivity index (χ4n) is 3.01. The topological polar surface area (TPSA) is 0 Å². The molecule has 0 bridgehead atoms. The Hall–Kier alpha value is -2.05. The molecule has 0 amide bonds. The number of halogens is 1. The summed E-state index contributed by atoms with van der Waals surface area (Å²) >= 11 is 6.57. The molecule has 1 heteroatoms. The van der Waals surface area contributed by atoms with E-state index in [0.29, 0.717) is 5.88 Å². The Bertz CT molecular complexity index is 675. The van der Waals surface area contributed by atoms with E-state index in [9.17, 15) is 0 Å². The van der Waals surface area contributed by atoms with Crippen LogP contribution in [-0.4, -0.2) is 5.88 Å². The van der Waals surface area contributed by atoms with E-state index in [4.69, 9.17) is 11.6 Å². The normalized spacial score (nSPS) is 11.4. The van der Waals surface area contributed by atoms with Crippen LogP contribution >= 0.6 is 11.6 Å². The predicted octanol–water partition coefficient (Wildman–Crippen LogP) is 5.57. The number of aryl methyl sites for hydroxylation is 1. The summed E-state index contributed by atoms with van der Waals surface area (Å²) in [7, 11) is 0. The highest BCUT2D eigenvalue weighted by atomic mass is 35.5. The van der Waals surface area contributed by atoms with Crippen molar-refractivity contribution in [2.45, 2.75) is 12.3 Å². The minimum atomic E-state index is -0.322. The summed E-state index contributed by atoms with van der Waals surface area (Å²) in [5.74, 6) is 0.504. The molecule has 0 heterocycles. The molecule has 0 atom stereocenters. The Balaban J connectivity index is 2.28. The van der Waals surface area contributed by atoms with Crippen LogP contribution in [0.5, 0.6) is 0 Å². The Morgan fingerprint density at radius 2 is 1.05 bits per heavy atom. The van der Waals surface area contributed by atoms with Crippen LogP contribution in [0.15, 0.2) is 84.9 Å². The number of rotatable bonds is 4. The predicted molar refractivity (Wildman–Crippen MR) is 94.7 cm³/mol. The number of alkyl halides is 1. The van der Waals surface area contributed by atoms with Crippen LogP contribution in [0.2, 0.25) is 0 Å². The van der Waals surface area contributed by atoms with E-state index >= 15 is 0 Å². The van der Waals surface area contributed by atoms with Crippen LogP contribution in [-0.2, 0) is 5.41 Å². The SMILES string of the molecule is Cc1ccc(C(CCl)(c2ccccc2)c2ccccc2)cc1. The van der Waals surface area contributed by atoms with Crippen LogP contribution < -0.4 is 0 Å². The van der Waals surface area contributed by atoms with Gasteiger partial charge < -0.3 is 0 Å². The standard InChI is InChI=1S/C21H19Cl/c1-17-12-14-20(15-13-17)21(16-22,18-8-4-2-5-9-18)19-10-6-3-7-11-19/h2-15H,16H2,1H3. The highest BCUT2D eigenvalue weighted by Gasteiger charge is 2.35. The van der Waals surface area contributed by atoms with Crippen LogP contribution in [0, 0.1) is 6.92 Å². The summed E-state index contributed by atoms with van der Waals surface area (Å²) in [5.41, 5.74) is 4.61. The Kier molecular flexibility index (Phi) is 4.31. The molecule has 0 N–H and O–H groups in total. The second-order valence-electron chi connectivity index (χ2n) is 5.64. The maximum atomic E-state index is 6.57. The average Bonchev–Trinajstić information content (AvgIpc) is 2.59. The van der Waals surface area contributed by atoms with E-state index in [-0.39, 0.29) is 5.41 Å². The van der Waals surface area contributed by atoms with Gasteiger partial charge in [0.05, 0.1) is 5.41 Å². The van der Waals surface area contributed by atoms with Gasteiger partial charge >= 0.3 is 0 Å². The van der Waals surface area contributed by atoms with E-state index < -0.39 is 0 Å². The third-order valence-electron chi connectivity index (χ3n) is 4.28. The summed E-state index contributed by atoms with van der Waals surface area (Å²) in [5, 5.41) is 0. The zero-order chi connectivity index (χ0) is 15.4. The van der Waals surface area contributed by atoms with Gasteiger partial charge in [-0.1, -0.05) is 90.5 Å². The molecule has 0 saturated heterocycles. The fourth-order valence-corrected chi connectivity index (χ4v) is 3.48. The van der Waals surface area contributed by atoms with Gasteiger partial charge in [0.15, 0.2) is 0 Å². The van der Waals surface area contributed by atoms with Crippen molar-refractivity contribution in [2.24, 2.45) is 0 Å². The van der Waals surface area contributed by atoms with Crippen LogP contribution in [0.3, 0.4) is 0 Å². The van der Waals surface area contributed by atoms with Crippen LogP contribution in [0.1, 0.15) is 22.3 Å². The second-order valence-corrected chi connectivity index (χ2v) is 5.90. The molecule has 0 unspecified atom stereocenters. The summed E-state index contributed by atoms with van der Waals surface area (Å²) in [6.45, 7) is 2.11. The lowest BCUT2D eigenvalue weighted by molar-refractivity contribution is 0.700. The molecular formula is C21H19Cl. The van der Waals surface area contributed by atoms with Gasteiger partial charge in [-0.2, -0.15) is 0 Å². The summed E-state index contributed by atoms with van der Waals surface area (Å²) in [6, 6.07) is 29.7. The van der Waals surface area contributed by atoms with Crippen molar-refractivity contribution < 1.29 is 0 Å². The van der Waals surface area contributed by atoms with Crippen molar-refractivity contribution in [2.75, 3.05) is 5.88 Å². The molecule has 110 valence electrons. The molecule has 0 aliphatic carbocycles. The van der Waals surface area contributed by atoms with Gasteiger partial charge in [-0.25, -0.2) is 0 Å². The molecule has 0 fully saturated rings. The first kappa shape index (κ1) is 14.9. The monoisotopic (exact) mass is 306 g/mol. The van der Waals surface area contributed by atoms with Gasteiger partial charge in [0.2, 0.25) is 0 Å². The van der Waals surface area contributed by atoms with Crippen LogP contribution in [0.4, 0.5) is 0 Å². The molecule has 3 aromatic carbocycles. The average molecular weight is 307 g/mol. The number of hydrogen-bond donors (Lipinski definition) is 0. The molecule has 0 radical (unpaired) electrons. The summed E-state index contributed by atoms with van der Waals surface area (Å²) in [6.07, 6.45) is 0. The smallest absolute Gasteiger partial charge is 0.0586 e. The second kappa shape index (κ2) is 6.37. The van der Waals surface area contributed by atoms with Crippen molar-refractivity contribution in [1.82, 2.24) is 0 Å². The van der Waals surface area contributed by atoms with E-state index in [0.717, 1.165) is 0 Å².